The molecule has 0 aromatic rings. The van der Waals surface area contributed by atoms with Crippen molar-refractivity contribution in [3.63, 3.8) is 0 Å². The first kappa shape index (κ1) is 37.0. The average molecular weight is 226 g/mol. The third-order valence-electron chi connectivity index (χ3n) is 0. The summed E-state index contributed by atoms with van der Waals surface area (Å²) in [5.74, 6) is 0. The zero-order chi connectivity index (χ0) is 10.8. The van der Waals surface area contributed by atoms with E-state index in [9.17, 15) is 0 Å². The summed E-state index contributed by atoms with van der Waals surface area (Å²) in [7, 11) is 0. The molecule has 0 atom stereocenters. The summed E-state index contributed by atoms with van der Waals surface area (Å²) in [6.07, 6.45) is 0. The van der Waals surface area contributed by atoms with Gasteiger partial charge in [-0.15, -0.1) is 26.4 Å². The van der Waals surface area contributed by atoms with Crippen molar-refractivity contribution in [1.29, 1.82) is 0 Å². The van der Waals surface area contributed by atoms with Gasteiger partial charge in [-0.3, -0.25) is 0 Å². The second kappa shape index (κ2) is 116. The zero-order valence-electron chi connectivity index (χ0n) is 9.46. The Balaban J connectivity index is -0.0000000145. The van der Waals surface area contributed by atoms with Crippen LogP contribution in [0, 0.1) is 0 Å². The van der Waals surface area contributed by atoms with Crippen molar-refractivity contribution in [3.8, 4) is 0 Å². The fraction of sp³-hybridized carbons (Fsp3) is 1.00. The van der Waals surface area contributed by atoms with Gasteiger partial charge >= 0.3 is 11.0 Å². The molecule has 14 heavy (non-hydrogen) atoms. The normalized spacial score (nSPS) is 5.14. The van der Waals surface area contributed by atoms with Gasteiger partial charge in [0.2, 0.25) is 0 Å². The molecule has 0 aromatic carbocycles. The quantitative estimate of drug-likeness (QED) is 0.394. The first-order valence-electron chi connectivity index (χ1n) is 3.98. The van der Waals surface area contributed by atoms with Crippen LogP contribution in [0.5, 0.6) is 0 Å². The Bertz CT molecular complexity index is 25.7. The summed E-state index contributed by atoms with van der Waals surface area (Å²) in [5.41, 5.74) is 0. The molecular weight excluding hydrogens is 204 g/mol. The Morgan fingerprint density at radius 2 is 0.571 bits per heavy atom. The molecule has 0 saturated carbocycles. The van der Waals surface area contributed by atoms with Crippen molar-refractivity contribution in [2.24, 2.45) is 0 Å². The van der Waals surface area contributed by atoms with E-state index in [4.69, 9.17) is 20.4 Å². The van der Waals surface area contributed by atoms with E-state index < -0.39 is 0 Å². The summed E-state index contributed by atoms with van der Waals surface area (Å²) >= 11 is 0. The molecule has 0 spiro atoms. The van der Waals surface area contributed by atoms with E-state index in [1.54, 1.807) is 27.7 Å². The maximum Gasteiger partial charge on any atom is 4.00 e. The summed E-state index contributed by atoms with van der Waals surface area (Å²) in [6.45, 7) is 6.28. The van der Waals surface area contributed by atoms with Crippen molar-refractivity contribution >= 4 is 11.0 Å². The van der Waals surface area contributed by atoms with Crippen molar-refractivity contribution < 1.29 is 25.9 Å². The molecule has 6 heteroatoms. The molecule has 0 aliphatic carbocycles. The van der Waals surface area contributed by atoms with Crippen LogP contribution in [0.2, 0.25) is 0 Å². The Kier molecular flexibility index (Phi) is 307. The molecule has 0 amide bonds. The van der Waals surface area contributed by atoms with E-state index in [-0.39, 0.29) is 42.9 Å². The molecule has 0 heterocycles. The molecule has 0 saturated heterocycles. The van der Waals surface area contributed by atoms with Gasteiger partial charge in [0.15, 0.2) is 0 Å². The fourth-order valence-electron chi connectivity index (χ4n) is 0. The van der Waals surface area contributed by atoms with Crippen molar-refractivity contribution in [2.45, 2.75) is 27.7 Å². The summed E-state index contributed by atoms with van der Waals surface area (Å²) < 4.78 is 0. The van der Waals surface area contributed by atoms with Crippen molar-refractivity contribution in [1.82, 2.24) is 0 Å². The van der Waals surface area contributed by atoms with E-state index in [1.165, 1.54) is 0 Å². The van der Waals surface area contributed by atoms with Crippen molar-refractivity contribution in [2.75, 3.05) is 26.4 Å². The Morgan fingerprint density at radius 1 is 0.571 bits per heavy atom. The molecular formula is C8H22O5Si. The Hall–Kier alpha value is 0.0169. The predicted molar refractivity (Wildman–Crippen MR) is 51.5 cm³/mol. The maximum absolute atomic E-state index is 8.93. The SMILES string of the molecule is CC[O-].CC[O-].CC[O-].CC[O-].O.[Si+4]. The second-order valence-electron chi connectivity index (χ2n) is 1.15. The van der Waals surface area contributed by atoms with Crippen LogP contribution in [0.15, 0.2) is 0 Å². The van der Waals surface area contributed by atoms with Gasteiger partial charge in [-0.2, -0.15) is 0 Å². The third-order valence-corrected chi connectivity index (χ3v) is 0. The minimum Gasteiger partial charge on any atom is -0.855 e. The Labute approximate surface area is 91.7 Å². The molecule has 0 aliphatic heterocycles. The monoisotopic (exact) mass is 226 g/mol. The summed E-state index contributed by atoms with van der Waals surface area (Å²) in [4.78, 5) is 0. The van der Waals surface area contributed by atoms with Crippen LogP contribution in [0.25, 0.3) is 0 Å². The first-order chi connectivity index (χ1) is 5.66. The van der Waals surface area contributed by atoms with Crippen LogP contribution in [0.1, 0.15) is 27.7 Å². The molecule has 0 unspecified atom stereocenters. The van der Waals surface area contributed by atoms with Crippen LogP contribution >= 0.6 is 0 Å². The molecule has 0 bridgehead atoms. The number of hydrogen-bond donors (Lipinski definition) is 0. The fourth-order valence-corrected chi connectivity index (χ4v) is 0. The largest absolute Gasteiger partial charge is 4.00 e. The minimum atomic E-state index is 0. The molecule has 0 fully saturated rings. The van der Waals surface area contributed by atoms with Gasteiger partial charge in [0, 0.05) is 0 Å². The molecule has 0 rings (SSSR count). The van der Waals surface area contributed by atoms with Gasteiger partial charge in [0.25, 0.3) is 0 Å². The maximum atomic E-state index is 8.93. The van der Waals surface area contributed by atoms with Gasteiger partial charge in [0.05, 0.1) is 0 Å². The van der Waals surface area contributed by atoms with Crippen LogP contribution in [-0.4, -0.2) is 42.9 Å². The summed E-state index contributed by atoms with van der Waals surface area (Å²) in [5, 5.41) is 35.7. The van der Waals surface area contributed by atoms with E-state index in [2.05, 4.69) is 0 Å². The minimum absolute atomic E-state index is 0. The van der Waals surface area contributed by atoms with E-state index >= 15 is 0 Å². The third kappa shape index (κ3) is 5120000. The van der Waals surface area contributed by atoms with Crippen LogP contribution < -0.4 is 20.4 Å². The molecule has 2 N–H and O–H groups in total. The van der Waals surface area contributed by atoms with Gasteiger partial charge in [-0.25, -0.2) is 0 Å². The van der Waals surface area contributed by atoms with Gasteiger partial charge < -0.3 is 25.9 Å². The van der Waals surface area contributed by atoms with E-state index in [1.807, 2.05) is 0 Å². The van der Waals surface area contributed by atoms with Gasteiger partial charge in [-0.05, 0) is 0 Å². The van der Waals surface area contributed by atoms with Gasteiger partial charge in [-0.1, -0.05) is 27.7 Å². The first-order valence-corrected chi connectivity index (χ1v) is 3.98. The van der Waals surface area contributed by atoms with Crippen LogP contribution in [-0.2, 0) is 0 Å². The van der Waals surface area contributed by atoms with Crippen molar-refractivity contribution in [3.05, 3.63) is 0 Å². The standard InChI is InChI=1S/4C2H5O.H2O.Si/c4*1-2-3;;/h4*2H2,1H3;1H2;/q4*-1;;+4. The summed E-state index contributed by atoms with van der Waals surface area (Å²) in [6, 6.07) is 0. The van der Waals surface area contributed by atoms with Crippen LogP contribution in [0.3, 0.4) is 0 Å². The zero-order valence-corrected chi connectivity index (χ0v) is 10.5. The molecule has 0 aromatic heterocycles. The van der Waals surface area contributed by atoms with Gasteiger partial charge in [0.1, 0.15) is 0 Å². The molecule has 0 aliphatic rings. The molecule has 5 nitrogen and oxygen atoms in total. The smallest absolute Gasteiger partial charge is 0.855 e. The number of hydrogen-bond acceptors (Lipinski definition) is 4. The number of rotatable bonds is 0. The predicted octanol–water partition coefficient (Wildman–Crippen LogP) is -3.74. The average Bonchev–Trinajstić information content (AvgIpc) is 1.92. The topological polar surface area (TPSA) is 124 Å². The molecule has 88 valence electrons. The van der Waals surface area contributed by atoms with Crippen LogP contribution in [0.4, 0.5) is 0 Å². The second-order valence-corrected chi connectivity index (χ2v) is 1.15. The molecule has 0 radical (unpaired) electrons. The van der Waals surface area contributed by atoms with E-state index in [0.717, 1.165) is 0 Å². The Morgan fingerprint density at radius 3 is 0.571 bits per heavy atom. The van der Waals surface area contributed by atoms with E-state index in [0.29, 0.717) is 0 Å².